The average Bonchev–Trinajstić information content (AvgIpc) is 3.89. The molecule has 0 saturated carbocycles. The Hall–Kier alpha value is -7.46. The Morgan fingerprint density at radius 3 is 1.80 bits per heavy atom. The van der Waals surface area contributed by atoms with E-state index < -0.39 is 0 Å². The lowest BCUT2D eigenvalue weighted by molar-refractivity contribution is 0.670. The predicted molar refractivity (Wildman–Crippen MR) is 253 cm³/mol. The summed E-state index contributed by atoms with van der Waals surface area (Å²) in [5.41, 5.74) is 12.2. The standard InChI is InChI=1S/C56H35NOS/c1-3-14-36(15-4-1)44-34-35-49(54-46-21-9-10-26-50(46)58-55(44)54)57(48-25-11-19-40-29-28-38-18-7-8-20-42(38)52(40)48)41-32-30-39(31-33-41)43-22-13-27-51-53(43)47-24-12-23-45(56(47)59-51)37-16-5-2-6-17-37/h1-35H. The van der Waals surface area contributed by atoms with Gasteiger partial charge in [-0.1, -0.05) is 170 Å². The van der Waals surface area contributed by atoms with Crippen molar-refractivity contribution in [2.45, 2.75) is 0 Å². The molecule has 0 unspecified atom stereocenters. The summed E-state index contributed by atoms with van der Waals surface area (Å²) < 4.78 is 9.43. The number of fused-ring (bicyclic) bond motifs is 9. The van der Waals surface area contributed by atoms with Crippen LogP contribution in [0.2, 0.25) is 0 Å². The third-order valence-electron chi connectivity index (χ3n) is 11.9. The van der Waals surface area contributed by atoms with Gasteiger partial charge in [0, 0.05) is 42.2 Å². The Morgan fingerprint density at radius 1 is 0.356 bits per heavy atom. The molecule has 0 aliphatic rings. The summed E-state index contributed by atoms with van der Waals surface area (Å²) in [5, 5.41) is 9.63. The number of anilines is 3. The van der Waals surface area contributed by atoms with Crippen molar-refractivity contribution in [1.82, 2.24) is 0 Å². The van der Waals surface area contributed by atoms with E-state index in [2.05, 4.69) is 217 Å². The van der Waals surface area contributed by atoms with E-state index in [9.17, 15) is 0 Å². The van der Waals surface area contributed by atoms with Crippen molar-refractivity contribution in [2.24, 2.45) is 0 Å². The first-order valence-electron chi connectivity index (χ1n) is 20.1. The number of hydrogen-bond donors (Lipinski definition) is 0. The fourth-order valence-electron chi connectivity index (χ4n) is 9.20. The fraction of sp³-hybridized carbons (Fsp3) is 0. The van der Waals surface area contributed by atoms with Crippen LogP contribution >= 0.6 is 11.3 Å². The van der Waals surface area contributed by atoms with Crippen molar-refractivity contribution in [1.29, 1.82) is 0 Å². The summed E-state index contributed by atoms with van der Waals surface area (Å²) in [7, 11) is 0. The lowest BCUT2D eigenvalue weighted by Gasteiger charge is -2.28. The molecule has 0 spiro atoms. The third-order valence-corrected chi connectivity index (χ3v) is 13.1. The van der Waals surface area contributed by atoms with Gasteiger partial charge in [-0.25, -0.2) is 0 Å². The van der Waals surface area contributed by atoms with E-state index in [0.29, 0.717) is 0 Å². The lowest BCUT2D eigenvalue weighted by atomic mass is 9.96. The largest absolute Gasteiger partial charge is 0.455 e. The number of nitrogens with zero attached hydrogens (tertiary/aromatic N) is 1. The second kappa shape index (κ2) is 13.6. The molecule has 0 amide bonds. The molecule has 0 saturated heterocycles. The molecule has 0 radical (unpaired) electrons. The van der Waals surface area contributed by atoms with Crippen molar-refractivity contribution in [2.75, 3.05) is 4.90 Å². The maximum absolute atomic E-state index is 6.81. The molecule has 276 valence electrons. The highest BCUT2D eigenvalue weighted by Gasteiger charge is 2.24. The Kier molecular flexibility index (Phi) is 7.75. The Bertz CT molecular complexity index is 3550. The van der Waals surface area contributed by atoms with Crippen molar-refractivity contribution in [3.05, 3.63) is 212 Å². The first kappa shape index (κ1) is 33.7. The zero-order chi connectivity index (χ0) is 38.9. The van der Waals surface area contributed by atoms with Gasteiger partial charge < -0.3 is 9.32 Å². The zero-order valence-electron chi connectivity index (χ0n) is 32.0. The van der Waals surface area contributed by atoms with Crippen LogP contribution in [0.15, 0.2) is 217 Å². The molecule has 3 heteroatoms. The Balaban J connectivity index is 1.10. The number of rotatable bonds is 6. The number of para-hydroxylation sites is 1. The first-order chi connectivity index (χ1) is 29.3. The van der Waals surface area contributed by atoms with Gasteiger partial charge >= 0.3 is 0 Å². The summed E-state index contributed by atoms with van der Waals surface area (Å²) >= 11 is 1.88. The second-order valence-corrected chi connectivity index (χ2v) is 16.2. The monoisotopic (exact) mass is 769 g/mol. The maximum Gasteiger partial charge on any atom is 0.145 e. The number of thiophene rings is 1. The summed E-state index contributed by atoms with van der Waals surface area (Å²) in [4.78, 5) is 2.45. The van der Waals surface area contributed by atoms with Crippen LogP contribution in [-0.4, -0.2) is 0 Å². The molecular weight excluding hydrogens is 735 g/mol. The zero-order valence-corrected chi connectivity index (χ0v) is 32.8. The van der Waals surface area contributed by atoms with Crippen LogP contribution < -0.4 is 4.90 Å². The van der Waals surface area contributed by atoms with E-state index in [1.54, 1.807) is 0 Å². The molecule has 0 bridgehead atoms. The van der Waals surface area contributed by atoms with E-state index in [1.165, 1.54) is 64.0 Å². The SMILES string of the molecule is c1ccc(-c2ccc(N(c3ccc(-c4cccc5sc6c(-c7ccccc7)cccc6c45)cc3)c3cccc4ccc5ccccc5c34)c3c2oc2ccccc23)cc1. The normalized spacial score (nSPS) is 11.7. The summed E-state index contributed by atoms with van der Waals surface area (Å²) in [5.74, 6) is 0. The van der Waals surface area contributed by atoms with Crippen LogP contribution in [0.1, 0.15) is 0 Å². The van der Waals surface area contributed by atoms with Gasteiger partial charge in [0.15, 0.2) is 0 Å². The molecule has 2 aromatic heterocycles. The minimum Gasteiger partial charge on any atom is -0.455 e. The van der Waals surface area contributed by atoms with Crippen molar-refractivity contribution >= 4 is 92.1 Å². The van der Waals surface area contributed by atoms with Gasteiger partial charge in [0.1, 0.15) is 11.2 Å². The van der Waals surface area contributed by atoms with Crippen LogP contribution in [0.5, 0.6) is 0 Å². The van der Waals surface area contributed by atoms with E-state index in [0.717, 1.165) is 50.1 Å². The highest BCUT2D eigenvalue weighted by atomic mass is 32.1. The molecule has 0 aliphatic carbocycles. The van der Waals surface area contributed by atoms with Crippen LogP contribution in [-0.2, 0) is 0 Å². The number of furan rings is 1. The van der Waals surface area contributed by atoms with E-state index in [1.807, 2.05) is 11.3 Å². The van der Waals surface area contributed by atoms with Crippen LogP contribution in [0.3, 0.4) is 0 Å². The average molecular weight is 770 g/mol. The van der Waals surface area contributed by atoms with Gasteiger partial charge in [0.25, 0.3) is 0 Å². The molecule has 0 aliphatic heterocycles. The summed E-state index contributed by atoms with van der Waals surface area (Å²) in [6.45, 7) is 0. The van der Waals surface area contributed by atoms with E-state index in [-0.39, 0.29) is 0 Å². The second-order valence-electron chi connectivity index (χ2n) is 15.2. The van der Waals surface area contributed by atoms with Crippen LogP contribution in [0, 0.1) is 0 Å². The van der Waals surface area contributed by atoms with Crippen LogP contribution in [0.25, 0.3) is 97.0 Å². The topological polar surface area (TPSA) is 16.4 Å². The fourth-order valence-corrected chi connectivity index (χ4v) is 10.5. The quantitative estimate of drug-likeness (QED) is 0.157. The van der Waals surface area contributed by atoms with Crippen molar-refractivity contribution in [3.8, 4) is 33.4 Å². The lowest BCUT2D eigenvalue weighted by Crippen LogP contribution is -2.11. The van der Waals surface area contributed by atoms with Crippen molar-refractivity contribution in [3.63, 3.8) is 0 Å². The number of hydrogen-bond acceptors (Lipinski definition) is 3. The highest BCUT2D eigenvalue weighted by Crippen LogP contribution is 2.49. The molecular formula is C56H35NOS. The first-order valence-corrected chi connectivity index (χ1v) is 20.9. The minimum atomic E-state index is 0.873. The minimum absolute atomic E-state index is 0.873. The van der Waals surface area contributed by atoms with E-state index in [4.69, 9.17) is 4.42 Å². The Labute approximate surface area is 345 Å². The van der Waals surface area contributed by atoms with Gasteiger partial charge in [0.2, 0.25) is 0 Å². The van der Waals surface area contributed by atoms with Gasteiger partial charge in [-0.2, -0.15) is 0 Å². The van der Waals surface area contributed by atoms with Gasteiger partial charge in [-0.05, 0) is 86.4 Å². The predicted octanol–water partition coefficient (Wildman–Crippen LogP) is 16.7. The maximum atomic E-state index is 6.81. The number of benzene rings is 10. The molecule has 12 aromatic rings. The highest BCUT2D eigenvalue weighted by molar-refractivity contribution is 7.26. The molecule has 0 atom stereocenters. The molecule has 0 N–H and O–H groups in total. The van der Waals surface area contributed by atoms with Gasteiger partial charge in [0.05, 0.1) is 16.8 Å². The van der Waals surface area contributed by atoms with E-state index >= 15 is 0 Å². The van der Waals surface area contributed by atoms with Gasteiger partial charge in [-0.15, -0.1) is 11.3 Å². The van der Waals surface area contributed by atoms with Gasteiger partial charge in [-0.3, -0.25) is 0 Å². The third kappa shape index (κ3) is 5.40. The van der Waals surface area contributed by atoms with Crippen molar-refractivity contribution < 1.29 is 4.42 Å². The molecule has 2 heterocycles. The molecule has 59 heavy (non-hydrogen) atoms. The molecule has 2 nitrogen and oxygen atoms in total. The smallest absolute Gasteiger partial charge is 0.145 e. The summed E-state index contributed by atoms with van der Waals surface area (Å²) in [6.07, 6.45) is 0. The molecule has 10 aromatic carbocycles. The van der Waals surface area contributed by atoms with Crippen LogP contribution in [0.4, 0.5) is 17.1 Å². The molecule has 12 rings (SSSR count). The summed E-state index contributed by atoms with van der Waals surface area (Å²) in [6, 6.07) is 76.8. The Morgan fingerprint density at radius 2 is 0.966 bits per heavy atom. The molecule has 0 fully saturated rings.